The van der Waals surface area contributed by atoms with Crippen LogP contribution in [0.1, 0.15) is 32.1 Å². The molecule has 3 amide bonds. The lowest BCUT2D eigenvalue weighted by Gasteiger charge is -2.27. The molecule has 29 heavy (non-hydrogen) atoms. The summed E-state index contributed by atoms with van der Waals surface area (Å²) >= 11 is 4.07. The maximum Gasteiger partial charge on any atom is 0.326 e. The fourth-order valence-electron chi connectivity index (χ4n) is 3.08. The van der Waals surface area contributed by atoms with Gasteiger partial charge in [0.15, 0.2) is 0 Å². The molecule has 0 aromatic carbocycles. The number of likely N-dealkylation sites (tertiary alicyclic amines) is 1. The molecule has 8 N–H and O–H groups in total. The number of carbonyl (C=O) groups excluding carboxylic acids is 3. The Kier molecular flexibility index (Phi) is 10.9. The maximum atomic E-state index is 12.6. The molecular formula is C17H31N5O6S. The van der Waals surface area contributed by atoms with Crippen LogP contribution in [0.4, 0.5) is 0 Å². The van der Waals surface area contributed by atoms with Gasteiger partial charge in [0, 0.05) is 12.3 Å². The van der Waals surface area contributed by atoms with Crippen LogP contribution in [0.15, 0.2) is 0 Å². The summed E-state index contributed by atoms with van der Waals surface area (Å²) < 4.78 is 0. The van der Waals surface area contributed by atoms with Crippen LogP contribution in [0.25, 0.3) is 0 Å². The quantitative estimate of drug-likeness (QED) is 0.129. The van der Waals surface area contributed by atoms with Crippen molar-refractivity contribution in [3.63, 3.8) is 0 Å². The number of nitrogens with one attached hydrogen (secondary N) is 2. The summed E-state index contributed by atoms with van der Waals surface area (Å²) in [6.45, 7) is 0.211. The largest absolute Gasteiger partial charge is 0.480 e. The highest BCUT2D eigenvalue weighted by Gasteiger charge is 2.37. The van der Waals surface area contributed by atoms with Crippen molar-refractivity contribution >= 4 is 36.3 Å². The standard InChI is InChI=1S/C17H31N5O6S/c18-6-2-1-4-11(17(27)28)20-14(24)12(9-29)21-15(25)13-5-3-7-22(13)16(26)10(19)8-23/h10-13,23,29H,1-9,18-19H2,(H,20,24)(H,21,25)(H,27,28). The van der Waals surface area contributed by atoms with Gasteiger partial charge in [0.2, 0.25) is 17.7 Å². The molecule has 12 heteroatoms. The first-order chi connectivity index (χ1) is 13.8. The summed E-state index contributed by atoms with van der Waals surface area (Å²) in [5.41, 5.74) is 10.9. The number of thiol groups is 1. The molecular weight excluding hydrogens is 402 g/mol. The molecule has 166 valence electrons. The van der Waals surface area contributed by atoms with Gasteiger partial charge in [-0.3, -0.25) is 14.4 Å². The minimum atomic E-state index is -1.18. The van der Waals surface area contributed by atoms with E-state index in [0.717, 1.165) is 0 Å². The fraction of sp³-hybridized carbons (Fsp3) is 0.765. The molecule has 1 saturated heterocycles. The van der Waals surface area contributed by atoms with E-state index in [1.807, 2.05) is 0 Å². The Labute approximate surface area is 175 Å². The van der Waals surface area contributed by atoms with Gasteiger partial charge in [-0.25, -0.2) is 4.79 Å². The number of aliphatic hydroxyl groups excluding tert-OH is 1. The molecule has 1 fully saturated rings. The molecule has 11 nitrogen and oxygen atoms in total. The van der Waals surface area contributed by atoms with Crippen molar-refractivity contribution in [2.24, 2.45) is 11.5 Å². The van der Waals surface area contributed by atoms with E-state index in [0.29, 0.717) is 38.8 Å². The van der Waals surface area contributed by atoms with Crippen molar-refractivity contribution < 1.29 is 29.4 Å². The molecule has 0 saturated carbocycles. The van der Waals surface area contributed by atoms with Crippen LogP contribution in [0.2, 0.25) is 0 Å². The molecule has 1 aliphatic rings. The number of aliphatic carboxylic acids is 1. The summed E-state index contributed by atoms with van der Waals surface area (Å²) in [4.78, 5) is 49.9. The van der Waals surface area contributed by atoms with E-state index in [1.54, 1.807) is 0 Å². The van der Waals surface area contributed by atoms with Gasteiger partial charge in [0.05, 0.1) is 6.61 Å². The molecule has 4 unspecified atom stereocenters. The Hall–Kier alpha value is -1.89. The summed E-state index contributed by atoms with van der Waals surface area (Å²) in [5, 5.41) is 23.3. The van der Waals surface area contributed by atoms with Gasteiger partial charge < -0.3 is 37.2 Å². The Bertz CT molecular complexity index is 593. The lowest BCUT2D eigenvalue weighted by molar-refractivity contribution is -0.143. The molecule has 0 aliphatic carbocycles. The van der Waals surface area contributed by atoms with Crippen LogP contribution < -0.4 is 22.1 Å². The molecule has 1 aliphatic heterocycles. The van der Waals surface area contributed by atoms with Crippen molar-refractivity contribution in [2.75, 3.05) is 25.4 Å². The number of unbranched alkanes of at least 4 members (excludes halogenated alkanes) is 1. The Morgan fingerprint density at radius 2 is 1.86 bits per heavy atom. The topological polar surface area (TPSA) is 188 Å². The average Bonchev–Trinajstić information content (AvgIpc) is 3.19. The summed E-state index contributed by atoms with van der Waals surface area (Å²) in [7, 11) is 0. The van der Waals surface area contributed by atoms with Crippen molar-refractivity contribution in [3.05, 3.63) is 0 Å². The normalized spacial score (nSPS) is 19.3. The van der Waals surface area contributed by atoms with Crippen molar-refractivity contribution in [1.29, 1.82) is 0 Å². The number of aliphatic hydroxyl groups is 1. The Morgan fingerprint density at radius 1 is 1.17 bits per heavy atom. The SMILES string of the molecule is NCCCCC(NC(=O)C(CS)NC(=O)C1CCCN1C(=O)C(N)CO)C(=O)O. The van der Waals surface area contributed by atoms with Crippen LogP contribution in [-0.2, 0) is 19.2 Å². The van der Waals surface area contributed by atoms with Gasteiger partial charge in [-0.1, -0.05) is 0 Å². The molecule has 4 atom stereocenters. The third-order valence-corrected chi connectivity index (χ3v) is 5.09. The zero-order valence-electron chi connectivity index (χ0n) is 16.2. The maximum absolute atomic E-state index is 12.6. The fourth-order valence-corrected chi connectivity index (χ4v) is 3.34. The number of hydrogen-bond acceptors (Lipinski definition) is 8. The van der Waals surface area contributed by atoms with Crippen LogP contribution in [0.5, 0.6) is 0 Å². The van der Waals surface area contributed by atoms with Crippen LogP contribution >= 0.6 is 12.6 Å². The van der Waals surface area contributed by atoms with Gasteiger partial charge in [0.25, 0.3) is 0 Å². The predicted octanol–water partition coefficient (Wildman–Crippen LogP) is -2.59. The zero-order valence-corrected chi connectivity index (χ0v) is 17.1. The van der Waals surface area contributed by atoms with Gasteiger partial charge in [0.1, 0.15) is 24.2 Å². The third kappa shape index (κ3) is 7.46. The molecule has 1 rings (SSSR count). The second-order valence-electron chi connectivity index (χ2n) is 6.91. The lowest BCUT2D eigenvalue weighted by atomic mass is 10.1. The highest BCUT2D eigenvalue weighted by atomic mass is 32.1. The summed E-state index contributed by atoms with van der Waals surface area (Å²) in [6.07, 6.45) is 2.37. The van der Waals surface area contributed by atoms with Crippen molar-refractivity contribution in [1.82, 2.24) is 15.5 Å². The van der Waals surface area contributed by atoms with Crippen molar-refractivity contribution in [2.45, 2.75) is 56.3 Å². The molecule has 0 aromatic heterocycles. The van der Waals surface area contributed by atoms with Crippen LogP contribution in [0, 0.1) is 0 Å². The number of carboxylic acids is 1. The first kappa shape index (κ1) is 25.1. The number of hydrogen-bond donors (Lipinski definition) is 7. The minimum absolute atomic E-state index is 0.0521. The number of carboxylic acid groups (broad SMARTS) is 1. The highest BCUT2D eigenvalue weighted by molar-refractivity contribution is 7.80. The van der Waals surface area contributed by atoms with Crippen molar-refractivity contribution in [3.8, 4) is 0 Å². The van der Waals surface area contributed by atoms with E-state index in [4.69, 9.17) is 16.6 Å². The predicted molar refractivity (Wildman–Crippen MR) is 108 cm³/mol. The first-order valence-corrected chi connectivity index (χ1v) is 10.2. The Morgan fingerprint density at radius 3 is 2.41 bits per heavy atom. The monoisotopic (exact) mass is 433 g/mol. The number of rotatable bonds is 12. The van der Waals surface area contributed by atoms with Gasteiger partial charge in [-0.05, 0) is 38.6 Å². The van der Waals surface area contributed by atoms with Gasteiger partial charge in [-0.2, -0.15) is 12.6 Å². The highest BCUT2D eigenvalue weighted by Crippen LogP contribution is 2.18. The number of carbonyl (C=O) groups is 4. The molecule has 0 spiro atoms. The smallest absolute Gasteiger partial charge is 0.326 e. The number of amides is 3. The molecule has 0 bridgehead atoms. The van der Waals surface area contributed by atoms with Gasteiger partial charge in [-0.15, -0.1) is 0 Å². The lowest BCUT2D eigenvalue weighted by Crippen LogP contribution is -2.57. The summed E-state index contributed by atoms with van der Waals surface area (Å²) in [5.74, 6) is -2.99. The Balaban J connectivity index is 2.72. The molecule has 0 radical (unpaired) electrons. The number of nitrogens with zero attached hydrogens (tertiary/aromatic N) is 1. The van der Waals surface area contributed by atoms with E-state index in [2.05, 4.69) is 23.3 Å². The minimum Gasteiger partial charge on any atom is -0.480 e. The van der Waals surface area contributed by atoms with E-state index in [1.165, 1.54) is 4.90 Å². The third-order valence-electron chi connectivity index (χ3n) is 4.73. The van der Waals surface area contributed by atoms with E-state index in [9.17, 15) is 24.3 Å². The average molecular weight is 434 g/mol. The van der Waals surface area contributed by atoms with Gasteiger partial charge >= 0.3 is 5.97 Å². The van der Waals surface area contributed by atoms with E-state index in [-0.39, 0.29) is 12.2 Å². The molecule has 1 heterocycles. The summed E-state index contributed by atoms with van der Waals surface area (Å²) in [6, 6.07) is -4.08. The van der Waals surface area contributed by atoms with E-state index < -0.39 is 54.5 Å². The first-order valence-electron chi connectivity index (χ1n) is 9.58. The van der Waals surface area contributed by atoms with Crippen LogP contribution in [-0.4, -0.2) is 88.4 Å². The number of nitrogens with two attached hydrogens (primary N) is 2. The molecule has 0 aromatic rings. The second kappa shape index (κ2) is 12.6. The van der Waals surface area contributed by atoms with Crippen LogP contribution in [0.3, 0.4) is 0 Å². The second-order valence-corrected chi connectivity index (χ2v) is 7.27. The van der Waals surface area contributed by atoms with E-state index >= 15 is 0 Å². The zero-order chi connectivity index (χ0) is 22.0.